The minimum Gasteiger partial charge on any atom is -0.340 e. The lowest BCUT2D eigenvalue weighted by molar-refractivity contribution is -0.146. The van der Waals surface area contributed by atoms with Gasteiger partial charge in [-0.05, 0) is 67.1 Å². The number of hydrogen-bond acceptors (Lipinski definition) is 8. The number of aromatic nitrogens is 2. The second-order valence-electron chi connectivity index (χ2n) is 17.4. The highest BCUT2D eigenvalue weighted by molar-refractivity contribution is 6.04. The summed E-state index contributed by atoms with van der Waals surface area (Å²) in [5.41, 5.74) is 8.73. The van der Waals surface area contributed by atoms with E-state index in [1.54, 1.807) is 24.9 Å². The lowest BCUT2D eigenvalue weighted by Crippen LogP contribution is -2.60. The molecule has 0 saturated carbocycles. The molecule has 1 aromatic heterocycles. The number of nitrogens with zero attached hydrogens (tertiary/aromatic N) is 8. The zero-order valence-electron chi connectivity index (χ0n) is 37.5. The zero-order valence-corrected chi connectivity index (χ0v) is 37.5. The van der Waals surface area contributed by atoms with E-state index in [-0.39, 0.29) is 29.7 Å². The van der Waals surface area contributed by atoms with Crippen molar-refractivity contribution in [1.29, 1.82) is 0 Å². The van der Waals surface area contributed by atoms with Crippen LogP contribution in [0.25, 0.3) is 28.0 Å². The van der Waals surface area contributed by atoms with Gasteiger partial charge in [-0.1, -0.05) is 109 Å². The maximum absolute atomic E-state index is 14.3. The van der Waals surface area contributed by atoms with Crippen molar-refractivity contribution in [3.05, 3.63) is 144 Å². The third-order valence-corrected chi connectivity index (χ3v) is 12.8. The second-order valence-corrected chi connectivity index (χ2v) is 17.4. The molecule has 1 N–H and O–H groups in total. The summed E-state index contributed by atoms with van der Waals surface area (Å²) in [7, 11) is 7.66. The summed E-state index contributed by atoms with van der Waals surface area (Å²) < 4.78 is 0. The first-order chi connectivity index (χ1) is 30.9. The number of aliphatic imine (C=N–C) groups is 1. The molecule has 13 heteroatoms. The molecule has 0 aliphatic carbocycles. The molecule has 0 bridgehead atoms. The summed E-state index contributed by atoms with van der Waals surface area (Å²) in [5.74, 6) is 0.573. The van der Waals surface area contributed by atoms with Gasteiger partial charge in [-0.15, -0.1) is 0 Å². The number of carbonyl (C=O) groups excluding carboxylic acids is 4. The molecule has 2 saturated heterocycles. The van der Waals surface area contributed by atoms with Gasteiger partial charge in [0.15, 0.2) is 0 Å². The zero-order chi connectivity index (χ0) is 45.1. The molecule has 8 rings (SSSR count). The predicted octanol–water partition coefficient (Wildman–Crippen LogP) is 6.33. The number of rotatable bonds is 11. The Morgan fingerprint density at radius 1 is 0.594 bits per heavy atom. The molecule has 64 heavy (non-hydrogen) atoms. The molecule has 2 unspecified atom stereocenters. The Kier molecular flexibility index (Phi) is 13.0. The Morgan fingerprint density at radius 2 is 1.05 bits per heavy atom. The highest BCUT2D eigenvalue weighted by Gasteiger charge is 2.40. The van der Waals surface area contributed by atoms with E-state index in [9.17, 15) is 19.2 Å². The summed E-state index contributed by atoms with van der Waals surface area (Å²) in [5, 5.41) is 0. The molecule has 13 nitrogen and oxygen atoms in total. The van der Waals surface area contributed by atoms with Gasteiger partial charge in [0.05, 0.1) is 17.9 Å². The lowest BCUT2D eigenvalue weighted by atomic mass is 9.94. The lowest BCUT2D eigenvalue weighted by Gasteiger charge is -2.43. The molecule has 0 spiro atoms. The molecule has 4 heterocycles. The number of piperazine rings is 2. The van der Waals surface area contributed by atoms with Gasteiger partial charge in [0.1, 0.15) is 23.9 Å². The molecule has 4 aromatic carbocycles. The fourth-order valence-corrected chi connectivity index (χ4v) is 9.29. The van der Waals surface area contributed by atoms with E-state index in [1.165, 1.54) is 0 Å². The maximum Gasteiger partial charge on any atom is 0.245 e. The number of allylic oxidation sites excluding steroid dienone is 1. The molecular formula is C51H57N9O4. The van der Waals surface area contributed by atoms with Gasteiger partial charge >= 0.3 is 0 Å². The van der Waals surface area contributed by atoms with E-state index in [1.807, 2.05) is 120 Å². The SMILES string of the molecule is CC(=O)N1CCN(C(=O)[C@@H](c2ccccc2)N(C)C)C(C2=NC=C(c3ccc(-c4ccc(-c5cnc(C6CN(C(C)=O)CCN6C(=O)[C@@H](c6ccccc6)N(C)C)[nH]5)cc4)cc3)C2)C1. The van der Waals surface area contributed by atoms with Crippen LogP contribution in [0.15, 0.2) is 127 Å². The molecule has 5 aromatic rings. The van der Waals surface area contributed by atoms with Crippen molar-refractivity contribution in [2.75, 3.05) is 67.5 Å². The maximum atomic E-state index is 14.3. The first kappa shape index (κ1) is 43.9. The molecule has 0 radical (unpaired) electrons. The number of benzene rings is 4. The van der Waals surface area contributed by atoms with Crippen molar-refractivity contribution in [1.82, 2.24) is 39.4 Å². The monoisotopic (exact) mass is 859 g/mol. The number of nitrogens with one attached hydrogen (secondary N) is 1. The quantitative estimate of drug-likeness (QED) is 0.165. The van der Waals surface area contributed by atoms with Crippen molar-refractivity contribution in [3.8, 4) is 22.4 Å². The average molecular weight is 860 g/mol. The van der Waals surface area contributed by atoms with Gasteiger partial charge in [-0.2, -0.15) is 0 Å². The highest BCUT2D eigenvalue weighted by Crippen LogP contribution is 2.34. The van der Waals surface area contributed by atoms with Gasteiger partial charge in [-0.3, -0.25) is 34.0 Å². The van der Waals surface area contributed by atoms with Crippen LogP contribution in [0, 0.1) is 0 Å². The van der Waals surface area contributed by atoms with E-state index in [0.29, 0.717) is 51.5 Å². The van der Waals surface area contributed by atoms with E-state index in [0.717, 1.165) is 50.4 Å². The van der Waals surface area contributed by atoms with Crippen LogP contribution in [0.3, 0.4) is 0 Å². The third kappa shape index (κ3) is 9.18. The van der Waals surface area contributed by atoms with Gasteiger partial charge < -0.3 is 24.6 Å². The van der Waals surface area contributed by atoms with Crippen LogP contribution in [0.1, 0.15) is 60.9 Å². The predicted molar refractivity (Wildman–Crippen MR) is 250 cm³/mol. The fourth-order valence-electron chi connectivity index (χ4n) is 9.29. The van der Waals surface area contributed by atoms with Crippen LogP contribution >= 0.6 is 0 Å². The van der Waals surface area contributed by atoms with Crippen LogP contribution in [-0.2, 0) is 19.2 Å². The molecule has 2 fully saturated rings. The smallest absolute Gasteiger partial charge is 0.245 e. The normalized spacial score (nSPS) is 18.8. The number of carbonyl (C=O) groups is 4. The van der Waals surface area contributed by atoms with Gasteiger partial charge in [0, 0.05) is 71.4 Å². The van der Waals surface area contributed by atoms with Crippen LogP contribution in [0.5, 0.6) is 0 Å². The topological polar surface area (TPSA) is 129 Å². The molecule has 4 amide bonds. The van der Waals surface area contributed by atoms with E-state index in [2.05, 4.69) is 53.5 Å². The van der Waals surface area contributed by atoms with E-state index >= 15 is 0 Å². The Hall–Kier alpha value is -6.70. The minimum atomic E-state index is -0.476. The van der Waals surface area contributed by atoms with Gasteiger partial charge in [0.2, 0.25) is 23.6 Å². The number of H-pyrrole nitrogens is 1. The average Bonchev–Trinajstić information content (AvgIpc) is 4.01. The summed E-state index contributed by atoms with van der Waals surface area (Å²) in [6.07, 6.45) is 4.28. The van der Waals surface area contributed by atoms with Crippen LogP contribution in [0.4, 0.5) is 0 Å². The van der Waals surface area contributed by atoms with E-state index < -0.39 is 18.1 Å². The summed E-state index contributed by atoms with van der Waals surface area (Å²) >= 11 is 0. The summed E-state index contributed by atoms with van der Waals surface area (Å²) in [6, 6.07) is 34.6. The number of amides is 4. The van der Waals surface area contributed by atoms with Crippen molar-refractivity contribution < 1.29 is 19.2 Å². The Labute approximate surface area is 375 Å². The van der Waals surface area contributed by atoms with Gasteiger partial charge in [0.25, 0.3) is 0 Å². The van der Waals surface area contributed by atoms with Gasteiger partial charge in [-0.25, -0.2) is 4.98 Å². The Balaban J connectivity index is 0.952. The summed E-state index contributed by atoms with van der Waals surface area (Å²) in [6.45, 7) is 5.70. The van der Waals surface area contributed by atoms with Crippen LogP contribution < -0.4 is 0 Å². The molecule has 3 aliphatic heterocycles. The first-order valence-electron chi connectivity index (χ1n) is 21.9. The molecular weight excluding hydrogens is 803 g/mol. The largest absolute Gasteiger partial charge is 0.340 e. The van der Waals surface area contributed by atoms with Crippen LogP contribution in [-0.4, -0.2) is 142 Å². The third-order valence-electron chi connectivity index (χ3n) is 12.8. The number of hydrogen-bond donors (Lipinski definition) is 1. The molecule has 3 aliphatic rings. The standard InChI is InChI=1S/C51H57N9O4/c1-34(61)57-25-27-59(50(63)47(55(3)4)40-13-9-7-10-14-40)45(32-57)43-29-42(30-52-43)38-19-17-36(18-20-38)37-21-23-39(24-22-37)44-31-53-49(54-44)46-33-58(35(2)62)26-28-60(46)51(64)48(56(5)6)41-15-11-8-12-16-41/h7-24,30-31,45-48H,25-29,32-33H2,1-6H3,(H,53,54)/t45?,46?,47-,48-/m1/s1. The van der Waals surface area contributed by atoms with Crippen LogP contribution in [0.2, 0.25) is 0 Å². The molecule has 4 atom stereocenters. The van der Waals surface area contributed by atoms with Crippen molar-refractivity contribution in [3.63, 3.8) is 0 Å². The highest BCUT2D eigenvalue weighted by atomic mass is 16.2. The number of aromatic amines is 1. The fraction of sp³-hybridized carbons (Fsp3) is 0.333. The van der Waals surface area contributed by atoms with Crippen molar-refractivity contribution in [2.45, 2.75) is 44.4 Å². The van der Waals surface area contributed by atoms with E-state index in [4.69, 9.17) is 9.98 Å². The number of imidazole rings is 1. The number of likely N-dealkylation sites (N-methyl/N-ethyl adjacent to an activating group) is 2. The molecule has 330 valence electrons. The Morgan fingerprint density at radius 3 is 1.53 bits per heavy atom. The van der Waals surface area contributed by atoms with Crippen molar-refractivity contribution in [2.24, 2.45) is 4.99 Å². The minimum absolute atomic E-state index is 0.00471. The Bertz CT molecular complexity index is 2530. The second kappa shape index (κ2) is 19.0. The summed E-state index contributed by atoms with van der Waals surface area (Å²) in [4.78, 5) is 78.1. The van der Waals surface area contributed by atoms with Crippen molar-refractivity contribution >= 4 is 34.9 Å². The first-order valence-corrected chi connectivity index (χ1v) is 21.9.